The van der Waals surface area contributed by atoms with E-state index in [4.69, 9.17) is 9.47 Å². The standard InChI is InChI=1S/C15H21NO3/c1-16-15(9-5-8-13(19-3)14(15)17)11-6-4-7-12(10-11)18-2/h4,6-7,10,13,16H,5,8-9H2,1-3H3/t13-,15-/m0/s1. The van der Waals surface area contributed by atoms with Crippen molar-refractivity contribution in [2.24, 2.45) is 0 Å². The third kappa shape index (κ3) is 2.38. The topological polar surface area (TPSA) is 47.6 Å². The van der Waals surface area contributed by atoms with E-state index in [0.29, 0.717) is 0 Å². The van der Waals surface area contributed by atoms with Crippen molar-refractivity contribution < 1.29 is 14.3 Å². The molecule has 1 fully saturated rings. The Bertz CT molecular complexity index is 460. The first-order valence-electron chi connectivity index (χ1n) is 6.58. The second-order valence-corrected chi connectivity index (χ2v) is 4.87. The second kappa shape index (κ2) is 5.72. The van der Waals surface area contributed by atoms with Crippen molar-refractivity contribution in [3.8, 4) is 5.75 Å². The molecule has 1 N–H and O–H groups in total. The number of ether oxygens (including phenoxy) is 2. The minimum atomic E-state index is -0.659. The van der Waals surface area contributed by atoms with Gasteiger partial charge in [-0.2, -0.15) is 0 Å². The Kier molecular flexibility index (Phi) is 4.22. The van der Waals surface area contributed by atoms with Gasteiger partial charge in [0, 0.05) is 7.11 Å². The van der Waals surface area contributed by atoms with Gasteiger partial charge in [0.2, 0.25) is 0 Å². The van der Waals surface area contributed by atoms with Gasteiger partial charge in [-0.05, 0) is 44.0 Å². The fraction of sp³-hybridized carbons (Fsp3) is 0.533. The Morgan fingerprint density at radius 2 is 2.16 bits per heavy atom. The molecule has 0 unspecified atom stereocenters. The molecule has 1 aromatic carbocycles. The highest BCUT2D eigenvalue weighted by molar-refractivity contribution is 5.94. The number of nitrogens with one attached hydrogen (secondary N) is 1. The maximum atomic E-state index is 12.7. The van der Waals surface area contributed by atoms with Gasteiger partial charge in [-0.3, -0.25) is 4.79 Å². The van der Waals surface area contributed by atoms with Gasteiger partial charge < -0.3 is 14.8 Å². The van der Waals surface area contributed by atoms with Gasteiger partial charge in [0.1, 0.15) is 17.4 Å². The van der Waals surface area contributed by atoms with Crippen LogP contribution in [0.4, 0.5) is 0 Å². The van der Waals surface area contributed by atoms with Gasteiger partial charge in [0.15, 0.2) is 5.78 Å². The largest absolute Gasteiger partial charge is 0.497 e. The molecule has 0 bridgehead atoms. The number of hydrogen-bond donors (Lipinski definition) is 1. The van der Waals surface area contributed by atoms with E-state index < -0.39 is 5.54 Å². The molecule has 4 nitrogen and oxygen atoms in total. The van der Waals surface area contributed by atoms with Crippen LogP contribution in [0.5, 0.6) is 5.75 Å². The lowest BCUT2D eigenvalue weighted by Gasteiger charge is -2.39. The number of likely N-dealkylation sites (N-methyl/N-ethyl adjacent to an activating group) is 1. The number of carbonyl (C=O) groups is 1. The molecule has 0 amide bonds. The highest BCUT2D eigenvalue weighted by Gasteiger charge is 2.45. The summed E-state index contributed by atoms with van der Waals surface area (Å²) < 4.78 is 10.6. The van der Waals surface area contributed by atoms with Gasteiger partial charge in [-0.15, -0.1) is 0 Å². The van der Waals surface area contributed by atoms with Crippen LogP contribution in [0.3, 0.4) is 0 Å². The fourth-order valence-corrected chi connectivity index (χ4v) is 2.87. The molecule has 1 aliphatic rings. The molecule has 1 aliphatic carbocycles. The molecule has 2 rings (SSSR count). The number of carbonyl (C=O) groups excluding carboxylic acids is 1. The summed E-state index contributed by atoms with van der Waals surface area (Å²) in [6.07, 6.45) is 2.22. The maximum Gasteiger partial charge on any atom is 0.185 e. The highest BCUT2D eigenvalue weighted by Crippen LogP contribution is 2.36. The zero-order chi connectivity index (χ0) is 13.9. The van der Waals surface area contributed by atoms with Crippen LogP contribution in [0.2, 0.25) is 0 Å². The van der Waals surface area contributed by atoms with Crippen LogP contribution in [0.1, 0.15) is 24.8 Å². The van der Waals surface area contributed by atoms with Gasteiger partial charge in [0.05, 0.1) is 7.11 Å². The summed E-state index contributed by atoms with van der Waals surface area (Å²) >= 11 is 0. The fourth-order valence-electron chi connectivity index (χ4n) is 2.87. The van der Waals surface area contributed by atoms with Crippen LogP contribution in [0.15, 0.2) is 24.3 Å². The summed E-state index contributed by atoms with van der Waals surface area (Å²) in [4.78, 5) is 12.7. The molecule has 0 saturated heterocycles. The molecular weight excluding hydrogens is 242 g/mol. The van der Waals surface area contributed by atoms with Crippen LogP contribution in [-0.2, 0) is 15.1 Å². The first kappa shape index (κ1) is 14.0. The predicted molar refractivity (Wildman–Crippen MR) is 73.4 cm³/mol. The first-order chi connectivity index (χ1) is 9.17. The number of methoxy groups -OCH3 is 2. The SMILES string of the molecule is CN[C@]1(c2cccc(OC)c2)CCC[C@H](OC)C1=O. The summed E-state index contributed by atoms with van der Waals surface area (Å²) in [5.41, 5.74) is 0.286. The van der Waals surface area contributed by atoms with Crippen LogP contribution in [0.25, 0.3) is 0 Å². The third-order valence-corrected chi connectivity index (χ3v) is 4.00. The summed E-state index contributed by atoms with van der Waals surface area (Å²) in [6, 6.07) is 7.69. The van der Waals surface area contributed by atoms with Crippen LogP contribution < -0.4 is 10.1 Å². The molecule has 0 aliphatic heterocycles. The monoisotopic (exact) mass is 263 g/mol. The van der Waals surface area contributed by atoms with Crippen LogP contribution in [-0.4, -0.2) is 33.2 Å². The molecule has 0 heterocycles. The molecule has 0 radical (unpaired) electrons. The number of benzene rings is 1. The average Bonchev–Trinajstić information content (AvgIpc) is 2.48. The van der Waals surface area contributed by atoms with Gasteiger partial charge >= 0.3 is 0 Å². The van der Waals surface area contributed by atoms with Crippen molar-refractivity contribution in [2.45, 2.75) is 30.9 Å². The molecular formula is C15H21NO3. The van der Waals surface area contributed by atoms with Crippen LogP contribution in [0, 0.1) is 0 Å². The summed E-state index contributed by atoms with van der Waals surface area (Å²) in [6.45, 7) is 0. The smallest absolute Gasteiger partial charge is 0.185 e. The first-order valence-corrected chi connectivity index (χ1v) is 6.58. The van der Waals surface area contributed by atoms with E-state index >= 15 is 0 Å². The van der Waals surface area contributed by atoms with Crippen molar-refractivity contribution in [3.05, 3.63) is 29.8 Å². The summed E-state index contributed by atoms with van der Waals surface area (Å²) in [5.74, 6) is 0.872. The number of Topliss-reactive ketones (excluding diaryl/α,β-unsaturated/α-hetero) is 1. The Hall–Kier alpha value is -1.39. The Morgan fingerprint density at radius 1 is 1.37 bits per heavy atom. The minimum absolute atomic E-state index is 0.108. The van der Waals surface area contributed by atoms with E-state index in [-0.39, 0.29) is 11.9 Å². The lowest BCUT2D eigenvalue weighted by atomic mass is 9.74. The molecule has 1 saturated carbocycles. The lowest BCUT2D eigenvalue weighted by Crippen LogP contribution is -2.54. The van der Waals surface area contributed by atoms with E-state index in [2.05, 4.69) is 5.32 Å². The number of ketones is 1. The van der Waals surface area contributed by atoms with Gasteiger partial charge in [-0.25, -0.2) is 0 Å². The van der Waals surface area contributed by atoms with Crippen molar-refractivity contribution in [2.75, 3.05) is 21.3 Å². The number of hydrogen-bond acceptors (Lipinski definition) is 4. The van der Waals surface area contributed by atoms with E-state index in [1.165, 1.54) is 0 Å². The Morgan fingerprint density at radius 3 is 2.79 bits per heavy atom. The molecule has 19 heavy (non-hydrogen) atoms. The second-order valence-electron chi connectivity index (χ2n) is 4.87. The third-order valence-electron chi connectivity index (χ3n) is 4.00. The van der Waals surface area contributed by atoms with E-state index in [1.54, 1.807) is 14.2 Å². The predicted octanol–water partition coefficient (Wildman–Crippen LogP) is 1.88. The van der Waals surface area contributed by atoms with Crippen molar-refractivity contribution >= 4 is 5.78 Å². The van der Waals surface area contributed by atoms with Crippen molar-refractivity contribution in [3.63, 3.8) is 0 Å². The molecule has 104 valence electrons. The molecule has 1 aromatic rings. The van der Waals surface area contributed by atoms with Crippen LogP contribution >= 0.6 is 0 Å². The number of rotatable bonds is 4. The average molecular weight is 263 g/mol. The molecule has 2 atom stereocenters. The summed E-state index contributed by atoms with van der Waals surface area (Å²) in [7, 11) is 5.06. The molecule has 0 aromatic heterocycles. The molecule has 0 spiro atoms. The summed E-state index contributed by atoms with van der Waals surface area (Å²) in [5, 5.41) is 3.21. The maximum absolute atomic E-state index is 12.7. The van der Waals surface area contributed by atoms with Gasteiger partial charge in [0.25, 0.3) is 0 Å². The lowest BCUT2D eigenvalue weighted by molar-refractivity contribution is -0.139. The normalized spacial score (nSPS) is 27.3. The van der Waals surface area contributed by atoms with Crippen molar-refractivity contribution in [1.82, 2.24) is 5.32 Å². The van der Waals surface area contributed by atoms with Gasteiger partial charge in [-0.1, -0.05) is 12.1 Å². The van der Waals surface area contributed by atoms with E-state index in [9.17, 15) is 4.79 Å². The quantitative estimate of drug-likeness (QED) is 0.901. The Balaban J connectivity index is 2.43. The molecule has 4 heteroatoms. The highest BCUT2D eigenvalue weighted by atomic mass is 16.5. The zero-order valence-corrected chi connectivity index (χ0v) is 11.7. The van der Waals surface area contributed by atoms with Crippen molar-refractivity contribution in [1.29, 1.82) is 0 Å². The van der Waals surface area contributed by atoms with E-state index in [0.717, 1.165) is 30.6 Å². The Labute approximate surface area is 114 Å². The minimum Gasteiger partial charge on any atom is -0.497 e. The van der Waals surface area contributed by atoms with E-state index in [1.807, 2.05) is 31.3 Å². The zero-order valence-electron chi connectivity index (χ0n) is 11.7.